The molecule has 2 nitrogen and oxygen atoms in total. The molecule has 1 aromatic carbocycles. The minimum Gasteiger partial charge on any atom is -0.392 e. The molecule has 0 fully saturated rings. The highest BCUT2D eigenvalue weighted by molar-refractivity contribution is 5.23. The number of benzene rings is 1. The van der Waals surface area contributed by atoms with Crippen LogP contribution in [0.15, 0.2) is 30.3 Å². The van der Waals surface area contributed by atoms with E-state index in [1.54, 1.807) is 0 Å². The Balaban J connectivity index is 2.48. The van der Waals surface area contributed by atoms with Gasteiger partial charge in [0.05, 0.1) is 6.10 Å². The Hall–Kier alpha value is -0.860. The van der Waals surface area contributed by atoms with Crippen molar-refractivity contribution in [2.45, 2.75) is 71.4 Å². The van der Waals surface area contributed by atoms with E-state index in [0.717, 1.165) is 19.3 Å². The van der Waals surface area contributed by atoms with Crippen molar-refractivity contribution in [2.75, 3.05) is 6.54 Å². The first-order valence-corrected chi connectivity index (χ1v) is 8.37. The second kappa shape index (κ2) is 8.55. The summed E-state index contributed by atoms with van der Waals surface area (Å²) in [4.78, 5) is 0. The molecule has 0 bridgehead atoms. The molecule has 0 amide bonds. The zero-order valence-corrected chi connectivity index (χ0v) is 14.4. The molecule has 0 aliphatic carbocycles. The third kappa shape index (κ3) is 5.80. The number of rotatable bonds is 9. The van der Waals surface area contributed by atoms with E-state index in [4.69, 9.17) is 0 Å². The van der Waals surface area contributed by atoms with E-state index in [2.05, 4.69) is 70.3 Å². The van der Waals surface area contributed by atoms with Crippen molar-refractivity contribution in [2.24, 2.45) is 5.92 Å². The maximum absolute atomic E-state index is 10.2. The van der Waals surface area contributed by atoms with E-state index in [9.17, 15) is 5.11 Å². The van der Waals surface area contributed by atoms with E-state index >= 15 is 0 Å². The molecule has 0 aliphatic heterocycles. The first-order chi connectivity index (χ1) is 9.90. The van der Waals surface area contributed by atoms with Gasteiger partial charge in [-0.25, -0.2) is 0 Å². The molecule has 0 saturated carbocycles. The Bertz CT molecular complexity index is 384. The normalized spacial score (nSPS) is 15.2. The van der Waals surface area contributed by atoms with Gasteiger partial charge in [-0.05, 0) is 30.2 Å². The fourth-order valence-corrected chi connectivity index (χ4v) is 3.17. The van der Waals surface area contributed by atoms with Crippen molar-refractivity contribution in [3.8, 4) is 0 Å². The number of aliphatic hydroxyl groups excluding tert-OH is 1. The van der Waals surface area contributed by atoms with Gasteiger partial charge in [-0.1, -0.05) is 70.9 Å². The predicted octanol–water partition coefficient (Wildman–Crippen LogP) is 4.13. The van der Waals surface area contributed by atoms with Crippen LogP contribution < -0.4 is 5.32 Å². The summed E-state index contributed by atoms with van der Waals surface area (Å²) in [5.41, 5.74) is 1.52. The maximum atomic E-state index is 10.2. The van der Waals surface area contributed by atoms with Gasteiger partial charge >= 0.3 is 0 Å². The lowest BCUT2D eigenvalue weighted by molar-refractivity contribution is 0.0976. The summed E-state index contributed by atoms with van der Waals surface area (Å²) in [5.74, 6) is 0.409. The first-order valence-electron chi connectivity index (χ1n) is 8.37. The monoisotopic (exact) mass is 291 g/mol. The molecule has 2 heteroatoms. The number of hydrogen-bond donors (Lipinski definition) is 2. The van der Waals surface area contributed by atoms with Crippen LogP contribution in [0, 0.1) is 5.92 Å². The van der Waals surface area contributed by atoms with Crippen molar-refractivity contribution in [3.05, 3.63) is 35.9 Å². The molecule has 1 rings (SSSR count). The van der Waals surface area contributed by atoms with Crippen LogP contribution in [0.2, 0.25) is 0 Å². The van der Waals surface area contributed by atoms with Crippen LogP contribution in [0.4, 0.5) is 0 Å². The molecule has 2 unspecified atom stereocenters. The summed E-state index contributed by atoms with van der Waals surface area (Å²) in [7, 11) is 0. The van der Waals surface area contributed by atoms with Crippen LogP contribution in [-0.2, 0) is 5.41 Å². The lowest BCUT2D eigenvalue weighted by atomic mass is 9.79. The quantitative estimate of drug-likeness (QED) is 0.717. The van der Waals surface area contributed by atoms with Gasteiger partial charge in [-0.15, -0.1) is 0 Å². The van der Waals surface area contributed by atoms with Gasteiger partial charge in [-0.2, -0.15) is 0 Å². The molecule has 21 heavy (non-hydrogen) atoms. The largest absolute Gasteiger partial charge is 0.392 e. The van der Waals surface area contributed by atoms with Crippen molar-refractivity contribution >= 4 is 0 Å². The second-order valence-electron chi connectivity index (χ2n) is 6.91. The van der Waals surface area contributed by atoms with E-state index in [-0.39, 0.29) is 11.5 Å². The maximum Gasteiger partial charge on any atom is 0.0692 e. The Morgan fingerprint density at radius 2 is 1.67 bits per heavy atom. The molecule has 0 spiro atoms. The lowest BCUT2D eigenvalue weighted by Gasteiger charge is -2.30. The molecule has 120 valence electrons. The molecular weight excluding hydrogens is 258 g/mol. The fourth-order valence-electron chi connectivity index (χ4n) is 3.17. The Labute approximate surface area is 131 Å². The van der Waals surface area contributed by atoms with Gasteiger partial charge in [0.25, 0.3) is 0 Å². The Morgan fingerprint density at radius 1 is 1.10 bits per heavy atom. The molecular formula is C19H33NO. The molecule has 0 aromatic heterocycles. The van der Waals surface area contributed by atoms with Gasteiger partial charge in [-0.3, -0.25) is 0 Å². The summed E-state index contributed by atoms with van der Waals surface area (Å²) in [6.45, 7) is 11.8. The van der Waals surface area contributed by atoms with Crippen LogP contribution in [-0.4, -0.2) is 23.8 Å². The van der Waals surface area contributed by atoms with Crippen molar-refractivity contribution in [3.63, 3.8) is 0 Å². The average Bonchev–Trinajstić information content (AvgIpc) is 2.47. The number of nitrogens with one attached hydrogen (secondary N) is 1. The molecule has 0 radical (unpaired) electrons. The molecule has 2 N–H and O–H groups in total. The number of aliphatic hydroxyl groups is 1. The van der Waals surface area contributed by atoms with E-state index in [0.29, 0.717) is 18.5 Å². The topological polar surface area (TPSA) is 32.3 Å². The van der Waals surface area contributed by atoms with Crippen molar-refractivity contribution in [1.29, 1.82) is 0 Å². The van der Waals surface area contributed by atoms with Crippen LogP contribution >= 0.6 is 0 Å². The summed E-state index contributed by atoms with van der Waals surface area (Å²) in [5, 5.41) is 13.7. The smallest absolute Gasteiger partial charge is 0.0692 e. The van der Waals surface area contributed by atoms with E-state index < -0.39 is 0 Å². The van der Waals surface area contributed by atoms with E-state index in [1.165, 1.54) is 5.56 Å². The van der Waals surface area contributed by atoms with Gasteiger partial charge in [0.1, 0.15) is 0 Å². The third-order valence-corrected chi connectivity index (χ3v) is 4.64. The SMILES string of the molecule is CCC(CC)C(O)CNC(C)CC(C)(C)c1ccccc1. The highest BCUT2D eigenvalue weighted by Crippen LogP contribution is 2.28. The lowest BCUT2D eigenvalue weighted by Crippen LogP contribution is -2.40. The molecule has 2 atom stereocenters. The molecule has 0 heterocycles. The Morgan fingerprint density at radius 3 is 2.19 bits per heavy atom. The summed E-state index contributed by atoms with van der Waals surface area (Å²) in [6, 6.07) is 11.1. The minimum absolute atomic E-state index is 0.146. The number of hydrogen-bond acceptors (Lipinski definition) is 2. The standard InChI is InChI=1S/C19H33NO/c1-6-16(7-2)18(21)14-20-15(3)13-19(4,5)17-11-9-8-10-12-17/h8-12,15-16,18,20-21H,6-7,13-14H2,1-5H3. The fraction of sp³-hybridized carbons (Fsp3) is 0.684. The van der Waals surface area contributed by atoms with Gasteiger partial charge in [0.2, 0.25) is 0 Å². The minimum atomic E-state index is -0.234. The van der Waals surface area contributed by atoms with E-state index in [1.807, 2.05) is 0 Å². The highest BCUT2D eigenvalue weighted by atomic mass is 16.3. The zero-order valence-electron chi connectivity index (χ0n) is 14.4. The van der Waals surface area contributed by atoms with Gasteiger partial charge in [0, 0.05) is 12.6 Å². The van der Waals surface area contributed by atoms with Crippen LogP contribution in [0.3, 0.4) is 0 Å². The molecule has 1 aromatic rings. The average molecular weight is 291 g/mol. The second-order valence-corrected chi connectivity index (χ2v) is 6.91. The Kier molecular flexibility index (Phi) is 7.41. The van der Waals surface area contributed by atoms with Gasteiger partial charge in [0.15, 0.2) is 0 Å². The zero-order chi connectivity index (χ0) is 15.9. The van der Waals surface area contributed by atoms with Crippen molar-refractivity contribution < 1.29 is 5.11 Å². The van der Waals surface area contributed by atoms with Crippen LogP contribution in [0.25, 0.3) is 0 Å². The molecule has 0 saturated heterocycles. The summed E-state index contributed by atoms with van der Waals surface area (Å²) in [6.07, 6.45) is 2.92. The van der Waals surface area contributed by atoms with Gasteiger partial charge < -0.3 is 10.4 Å². The molecule has 0 aliphatic rings. The summed E-state index contributed by atoms with van der Waals surface area (Å²) >= 11 is 0. The highest BCUT2D eigenvalue weighted by Gasteiger charge is 2.24. The van der Waals surface area contributed by atoms with Crippen LogP contribution in [0.5, 0.6) is 0 Å². The summed E-state index contributed by atoms with van der Waals surface area (Å²) < 4.78 is 0. The third-order valence-electron chi connectivity index (χ3n) is 4.64. The predicted molar refractivity (Wildman–Crippen MR) is 91.6 cm³/mol. The van der Waals surface area contributed by atoms with Crippen molar-refractivity contribution in [1.82, 2.24) is 5.32 Å². The first kappa shape index (κ1) is 18.2. The van der Waals surface area contributed by atoms with Crippen LogP contribution in [0.1, 0.15) is 59.4 Å².